The predicted molar refractivity (Wildman–Crippen MR) is 73.4 cm³/mol. The quantitative estimate of drug-likeness (QED) is 0.708. The lowest BCUT2D eigenvalue weighted by Gasteiger charge is -2.34. The highest BCUT2D eigenvalue weighted by Gasteiger charge is 2.31. The van der Waals surface area contributed by atoms with E-state index in [9.17, 15) is 4.79 Å². The molecule has 1 aliphatic carbocycles. The van der Waals surface area contributed by atoms with E-state index in [2.05, 4.69) is 0 Å². The van der Waals surface area contributed by atoms with Crippen LogP contribution in [-0.4, -0.2) is 42.6 Å². The molecular formula is C14H28N2O2. The third kappa shape index (κ3) is 4.94. The number of hydrogen-bond acceptors (Lipinski definition) is 3. The normalized spacial score (nSPS) is 18.6. The average Bonchev–Trinajstić information content (AvgIpc) is 2.35. The maximum atomic E-state index is 12.2. The summed E-state index contributed by atoms with van der Waals surface area (Å²) in [4.78, 5) is 14.1. The monoisotopic (exact) mass is 256 g/mol. The van der Waals surface area contributed by atoms with Gasteiger partial charge in [-0.25, -0.2) is 0 Å². The Morgan fingerprint density at radius 2 is 1.94 bits per heavy atom. The molecule has 18 heavy (non-hydrogen) atoms. The van der Waals surface area contributed by atoms with Gasteiger partial charge in [0, 0.05) is 31.7 Å². The van der Waals surface area contributed by atoms with E-state index >= 15 is 0 Å². The van der Waals surface area contributed by atoms with Crippen LogP contribution in [-0.2, 0) is 9.53 Å². The zero-order chi connectivity index (χ0) is 13.4. The Morgan fingerprint density at radius 1 is 1.28 bits per heavy atom. The summed E-state index contributed by atoms with van der Waals surface area (Å²) >= 11 is 0. The van der Waals surface area contributed by atoms with Crippen molar-refractivity contribution in [1.82, 2.24) is 4.90 Å². The van der Waals surface area contributed by atoms with Crippen LogP contribution in [0.5, 0.6) is 0 Å². The molecule has 2 N–H and O–H groups in total. The SMILES string of the molecule is CCOCCN(CC)C(=O)CC1(N)CCCCC1. The van der Waals surface area contributed by atoms with E-state index in [4.69, 9.17) is 10.5 Å². The van der Waals surface area contributed by atoms with Gasteiger partial charge >= 0.3 is 0 Å². The number of carbonyl (C=O) groups is 1. The van der Waals surface area contributed by atoms with E-state index < -0.39 is 0 Å². The number of carbonyl (C=O) groups excluding carboxylic acids is 1. The maximum Gasteiger partial charge on any atom is 0.224 e. The molecule has 1 saturated carbocycles. The van der Waals surface area contributed by atoms with Crippen LogP contribution in [0.2, 0.25) is 0 Å². The molecule has 4 heteroatoms. The molecule has 0 aromatic heterocycles. The summed E-state index contributed by atoms with van der Waals surface area (Å²) in [6.45, 7) is 6.71. The van der Waals surface area contributed by atoms with Crippen LogP contribution in [0.4, 0.5) is 0 Å². The van der Waals surface area contributed by atoms with Crippen molar-refractivity contribution < 1.29 is 9.53 Å². The smallest absolute Gasteiger partial charge is 0.224 e. The van der Waals surface area contributed by atoms with Gasteiger partial charge in [-0.2, -0.15) is 0 Å². The fourth-order valence-electron chi connectivity index (χ4n) is 2.62. The Bertz CT molecular complexity index is 250. The number of likely N-dealkylation sites (N-methyl/N-ethyl adjacent to an activating group) is 1. The molecular weight excluding hydrogens is 228 g/mol. The van der Waals surface area contributed by atoms with Crippen molar-refractivity contribution in [2.45, 2.75) is 57.9 Å². The van der Waals surface area contributed by atoms with E-state index in [1.165, 1.54) is 6.42 Å². The molecule has 1 amide bonds. The molecule has 0 radical (unpaired) electrons. The van der Waals surface area contributed by atoms with Crippen molar-refractivity contribution in [3.63, 3.8) is 0 Å². The molecule has 0 unspecified atom stereocenters. The highest BCUT2D eigenvalue weighted by atomic mass is 16.5. The summed E-state index contributed by atoms with van der Waals surface area (Å²) < 4.78 is 5.31. The van der Waals surface area contributed by atoms with Crippen LogP contribution in [0.25, 0.3) is 0 Å². The summed E-state index contributed by atoms with van der Waals surface area (Å²) in [5.41, 5.74) is 6.07. The fraction of sp³-hybridized carbons (Fsp3) is 0.929. The molecule has 0 heterocycles. The van der Waals surface area contributed by atoms with E-state index in [-0.39, 0.29) is 11.4 Å². The molecule has 1 rings (SSSR count). The Labute approximate surface area is 111 Å². The molecule has 1 aliphatic rings. The zero-order valence-corrected chi connectivity index (χ0v) is 11.9. The van der Waals surface area contributed by atoms with Crippen LogP contribution in [0.3, 0.4) is 0 Å². The van der Waals surface area contributed by atoms with Gasteiger partial charge in [0.15, 0.2) is 0 Å². The van der Waals surface area contributed by atoms with Gasteiger partial charge in [-0.15, -0.1) is 0 Å². The lowest BCUT2D eigenvalue weighted by Crippen LogP contribution is -2.47. The van der Waals surface area contributed by atoms with Gasteiger partial charge in [0.1, 0.15) is 0 Å². The van der Waals surface area contributed by atoms with Gasteiger partial charge in [0.05, 0.1) is 6.61 Å². The van der Waals surface area contributed by atoms with Gasteiger partial charge in [-0.05, 0) is 26.7 Å². The first-order valence-electron chi connectivity index (χ1n) is 7.25. The lowest BCUT2D eigenvalue weighted by molar-refractivity contribution is -0.133. The fourth-order valence-corrected chi connectivity index (χ4v) is 2.62. The summed E-state index contributed by atoms with van der Waals surface area (Å²) in [5, 5.41) is 0. The van der Waals surface area contributed by atoms with Crippen molar-refractivity contribution in [3.8, 4) is 0 Å². The van der Waals surface area contributed by atoms with E-state index in [1.807, 2.05) is 18.7 Å². The second-order valence-corrected chi connectivity index (χ2v) is 5.27. The Balaban J connectivity index is 2.40. The summed E-state index contributed by atoms with van der Waals surface area (Å²) in [7, 11) is 0. The van der Waals surface area contributed by atoms with Gasteiger partial charge in [-0.1, -0.05) is 19.3 Å². The standard InChI is InChI=1S/C14H28N2O2/c1-3-16(10-11-18-4-2)13(17)12-14(15)8-6-5-7-9-14/h3-12,15H2,1-2H3. The van der Waals surface area contributed by atoms with Crippen LogP contribution in [0.15, 0.2) is 0 Å². The Hall–Kier alpha value is -0.610. The zero-order valence-electron chi connectivity index (χ0n) is 11.9. The third-order valence-corrected chi connectivity index (χ3v) is 3.80. The molecule has 1 fully saturated rings. The molecule has 0 aliphatic heterocycles. The van der Waals surface area contributed by atoms with Crippen molar-refractivity contribution in [1.29, 1.82) is 0 Å². The van der Waals surface area contributed by atoms with Crippen LogP contribution < -0.4 is 5.73 Å². The summed E-state index contributed by atoms with van der Waals surface area (Å²) in [5.74, 6) is 0.182. The predicted octanol–water partition coefficient (Wildman–Crippen LogP) is 1.92. The molecule has 0 spiro atoms. The molecule has 0 bridgehead atoms. The Morgan fingerprint density at radius 3 is 2.50 bits per heavy atom. The minimum atomic E-state index is -0.256. The number of amides is 1. The van der Waals surface area contributed by atoms with Crippen molar-refractivity contribution in [2.24, 2.45) is 5.73 Å². The molecule has 0 aromatic rings. The number of hydrogen-bond donors (Lipinski definition) is 1. The Kier molecular flexibility index (Phi) is 6.65. The highest BCUT2D eigenvalue weighted by molar-refractivity contribution is 5.77. The average molecular weight is 256 g/mol. The largest absolute Gasteiger partial charge is 0.380 e. The van der Waals surface area contributed by atoms with Crippen molar-refractivity contribution >= 4 is 5.91 Å². The first-order chi connectivity index (χ1) is 8.61. The van der Waals surface area contributed by atoms with Gasteiger partial charge < -0.3 is 15.4 Å². The molecule has 0 aromatic carbocycles. The topological polar surface area (TPSA) is 55.6 Å². The summed E-state index contributed by atoms with van der Waals surface area (Å²) in [6.07, 6.45) is 6.05. The second kappa shape index (κ2) is 7.74. The van der Waals surface area contributed by atoms with E-state index in [1.54, 1.807) is 0 Å². The molecule has 0 atom stereocenters. The first-order valence-corrected chi connectivity index (χ1v) is 7.25. The summed E-state index contributed by atoms with van der Waals surface area (Å²) in [6, 6.07) is 0. The molecule has 106 valence electrons. The maximum absolute atomic E-state index is 12.2. The van der Waals surface area contributed by atoms with Crippen molar-refractivity contribution in [2.75, 3.05) is 26.3 Å². The number of rotatable bonds is 7. The third-order valence-electron chi connectivity index (χ3n) is 3.80. The van der Waals surface area contributed by atoms with Crippen molar-refractivity contribution in [3.05, 3.63) is 0 Å². The minimum absolute atomic E-state index is 0.182. The number of nitrogens with zero attached hydrogens (tertiary/aromatic N) is 1. The first kappa shape index (κ1) is 15.4. The molecule has 4 nitrogen and oxygen atoms in total. The minimum Gasteiger partial charge on any atom is -0.380 e. The van der Waals surface area contributed by atoms with Gasteiger partial charge in [-0.3, -0.25) is 4.79 Å². The van der Waals surface area contributed by atoms with E-state index in [0.717, 1.165) is 32.2 Å². The second-order valence-electron chi connectivity index (χ2n) is 5.27. The van der Waals surface area contributed by atoms with E-state index in [0.29, 0.717) is 26.2 Å². The molecule has 0 saturated heterocycles. The highest BCUT2D eigenvalue weighted by Crippen LogP contribution is 2.29. The number of nitrogens with two attached hydrogens (primary N) is 1. The van der Waals surface area contributed by atoms with Crippen LogP contribution >= 0.6 is 0 Å². The number of ether oxygens (including phenoxy) is 1. The lowest BCUT2D eigenvalue weighted by atomic mass is 9.80. The van der Waals surface area contributed by atoms with Gasteiger partial charge in [0.2, 0.25) is 5.91 Å². The van der Waals surface area contributed by atoms with Crippen LogP contribution in [0.1, 0.15) is 52.4 Å². The van der Waals surface area contributed by atoms with Gasteiger partial charge in [0.25, 0.3) is 0 Å². The van der Waals surface area contributed by atoms with Crippen LogP contribution in [0, 0.1) is 0 Å².